The lowest BCUT2D eigenvalue weighted by atomic mass is 9.99. The normalized spacial score (nSPS) is 14.8. The second kappa shape index (κ2) is 15.5. The van der Waals surface area contributed by atoms with Crippen LogP contribution in [0.1, 0.15) is 58.9 Å². The average molecular weight is 555 g/mol. The predicted molar refractivity (Wildman–Crippen MR) is 142 cm³/mol. The van der Waals surface area contributed by atoms with E-state index in [0.29, 0.717) is 11.3 Å². The number of aliphatic hydroxyl groups is 4. The third-order valence-electron chi connectivity index (χ3n) is 6.06. The molecule has 0 aliphatic carbocycles. The number of hydrogen-bond donors (Lipinski definition) is 9. The van der Waals surface area contributed by atoms with E-state index in [9.17, 15) is 39.6 Å². The Morgan fingerprint density at radius 3 is 2.08 bits per heavy atom. The fraction of sp³-hybridized carbons (Fsp3) is 0.615. The zero-order valence-electron chi connectivity index (χ0n) is 22.8. The summed E-state index contributed by atoms with van der Waals surface area (Å²) in [6.07, 6.45) is -2.32. The third kappa shape index (κ3) is 12.1. The van der Waals surface area contributed by atoms with E-state index in [1.165, 1.54) is 0 Å². The van der Waals surface area contributed by atoms with Crippen LogP contribution in [0.4, 0.5) is 5.69 Å². The molecule has 0 fully saturated rings. The number of rotatable bonds is 16. The van der Waals surface area contributed by atoms with Crippen molar-refractivity contribution in [3.63, 3.8) is 0 Å². The van der Waals surface area contributed by atoms with Gasteiger partial charge in [0.2, 0.25) is 11.8 Å². The summed E-state index contributed by atoms with van der Waals surface area (Å²) in [4.78, 5) is 48.8. The Morgan fingerprint density at radius 2 is 1.54 bits per heavy atom. The number of carbonyl (C=O) groups is 4. The van der Waals surface area contributed by atoms with Crippen molar-refractivity contribution in [2.75, 3.05) is 5.32 Å². The summed E-state index contributed by atoms with van der Waals surface area (Å²) in [6, 6.07) is 2.77. The van der Waals surface area contributed by atoms with Crippen molar-refractivity contribution in [1.29, 1.82) is 0 Å². The predicted octanol–water partition coefficient (Wildman–Crippen LogP) is -0.587. The van der Waals surface area contributed by atoms with Crippen LogP contribution >= 0.6 is 0 Å². The van der Waals surface area contributed by atoms with Crippen molar-refractivity contribution in [2.45, 2.75) is 90.0 Å². The van der Waals surface area contributed by atoms with Gasteiger partial charge in [0.05, 0.1) is 6.04 Å². The standard InChI is InChI=1S/C26H42N4O9/c1-14(2)13-18(29-25(36)22(27)15(3)4)23(34)30-20(26(37,38)39)11-10-19(31)24(35)28-17-8-6-5-7-16(17)9-12-21(32)33/h5-8,14-15,18-20,22,31,37-39H,9-13,27H2,1-4H3,(H,28,35)(H,29,36)(H,30,34)(H,32,33)/t18-,19?,20?,22-/m0/s1. The molecule has 13 heteroatoms. The molecule has 4 atom stereocenters. The maximum Gasteiger partial charge on any atom is 0.303 e. The van der Waals surface area contributed by atoms with Crippen LogP contribution in [-0.2, 0) is 25.6 Å². The minimum atomic E-state index is -3.39. The number of benzene rings is 1. The monoisotopic (exact) mass is 554 g/mol. The molecule has 13 nitrogen and oxygen atoms in total. The Morgan fingerprint density at radius 1 is 0.923 bits per heavy atom. The summed E-state index contributed by atoms with van der Waals surface area (Å²) in [5.74, 6) is -6.88. The van der Waals surface area contributed by atoms with Crippen molar-refractivity contribution in [3.05, 3.63) is 29.8 Å². The van der Waals surface area contributed by atoms with Gasteiger partial charge in [-0.2, -0.15) is 0 Å². The van der Waals surface area contributed by atoms with Gasteiger partial charge in [0, 0.05) is 12.1 Å². The van der Waals surface area contributed by atoms with Crippen LogP contribution < -0.4 is 21.7 Å². The summed E-state index contributed by atoms with van der Waals surface area (Å²) in [5, 5.41) is 56.0. The largest absolute Gasteiger partial charge is 0.481 e. The Balaban J connectivity index is 2.89. The number of amides is 3. The number of anilines is 1. The number of nitrogens with one attached hydrogen (secondary N) is 3. The van der Waals surface area contributed by atoms with Gasteiger partial charge in [0.15, 0.2) is 0 Å². The van der Waals surface area contributed by atoms with Crippen LogP contribution in [0.5, 0.6) is 0 Å². The van der Waals surface area contributed by atoms with Crippen molar-refractivity contribution in [1.82, 2.24) is 10.6 Å². The molecule has 0 aliphatic rings. The molecule has 0 bridgehead atoms. The lowest BCUT2D eigenvalue weighted by Crippen LogP contribution is -2.59. The number of nitrogens with two attached hydrogens (primary N) is 1. The van der Waals surface area contributed by atoms with Gasteiger partial charge in [0.1, 0.15) is 18.2 Å². The number of carboxylic acids is 1. The van der Waals surface area contributed by atoms with Gasteiger partial charge < -0.3 is 47.2 Å². The SMILES string of the molecule is CC(C)C[C@H](NC(=O)[C@@H](N)C(C)C)C(=O)NC(CCC(O)C(=O)Nc1ccccc1CCC(=O)O)C(O)(O)O. The molecule has 1 aromatic carbocycles. The highest BCUT2D eigenvalue weighted by Crippen LogP contribution is 2.19. The van der Waals surface area contributed by atoms with Gasteiger partial charge in [-0.25, -0.2) is 0 Å². The number of aryl methyl sites for hydroxylation is 1. The Hall–Kier alpha value is -3.10. The van der Waals surface area contributed by atoms with E-state index in [-0.39, 0.29) is 31.1 Å². The van der Waals surface area contributed by atoms with Gasteiger partial charge in [0.25, 0.3) is 11.9 Å². The molecule has 0 spiro atoms. The first-order valence-corrected chi connectivity index (χ1v) is 12.8. The lowest BCUT2D eigenvalue weighted by molar-refractivity contribution is -0.327. The highest BCUT2D eigenvalue weighted by atomic mass is 16.7. The highest BCUT2D eigenvalue weighted by molar-refractivity contribution is 5.94. The van der Waals surface area contributed by atoms with Crippen LogP contribution in [0.3, 0.4) is 0 Å². The molecule has 1 rings (SSSR count). The third-order valence-corrected chi connectivity index (χ3v) is 6.06. The van der Waals surface area contributed by atoms with E-state index < -0.39 is 66.7 Å². The second-order valence-corrected chi connectivity index (χ2v) is 10.3. The quantitative estimate of drug-likeness (QED) is 0.118. The van der Waals surface area contributed by atoms with E-state index in [2.05, 4.69) is 16.0 Å². The van der Waals surface area contributed by atoms with Gasteiger partial charge in [-0.1, -0.05) is 45.9 Å². The lowest BCUT2D eigenvalue weighted by Gasteiger charge is -2.30. The van der Waals surface area contributed by atoms with E-state index in [0.717, 1.165) is 0 Å². The molecule has 39 heavy (non-hydrogen) atoms. The van der Waals surface area contributed by atoms with E-state index in [4.69, 9.17) is 10.8 Å². The number of carboxylic acid groups (broad SMARTS) is 1. The van der Waals surface area contributed by atoms with Gasteiger partial charge in [-0.3, -0.25) is 19.2 Å². The first-order valence-electron chi connectivity index (χ1n) is 12.8. The molecule has 3 amide bonds. The Kier molecular flexibility index (Phi) is 13.5. The van der Waals surface area contributed by atoms with E-state index in [1.807, 2.05) is 13.8 Å². The summed E-state index contributed by atoms with van der Waals surface area (Å²) in [7, 11) is 0. The molecule has 0 saturated heterocycles. The van der Waals surface area contributed by atoms with Crippen LogP contribution in [0.15, 0.2) is 24.3 Å². The summed E-state index contributed by atoms with van der Waals surface area (Å²) in [6.45, 7) is 7.11. The minimum Gasteiger partial charge on any atom is -0.481 e. The highest BCUT2D eigenvalue weighted by Gasteiger charge is 2.36. The molecule has 0 radical (unpaired) electrons. The average Bonchev–Trinajstić information content (AvgIpc) is 2.83. The van der Waals surface area contributed by atoms with Crippen molar-refractivity contribution < 1.29 is 44.7 Å². The molecular formula is C26H42N4O9. The van der Waals surface area contributed by atoms with Gasteiger partial charge in [-0.15, -0.1) is 0 Å². The first-order chi connectivity index (χ1) is 18.0. The number of hydrogen-bond acceptors (Lipinski definition) is 9. The number of aliphatic carboxylic acids is 1. The Bertz CT molecular complexity index is 978. The van der Waals surface area contributed by atoms with Crippen LogP contribution in [0.25, 0.3) is 0 Å². The maximum absolute atomic E-state index is 12.9. The molecular weight excluding hydrogens is 512 g/mol. The van der Waals surface area contributed by atoms with E-state index >= 15 is 0 Å². The molecule has 0 aliphatic heterocycles. The van der Waals surface area contributed by atoms with Crippen LogP contribution in [0, 0.1) is 11.8 Å². The summed E-state index contributed by atoms with van der Waals surface area (Å²) in [5.41, 5.74) is 6.71. The summed E-state index contributed by atoms with van der Waals surface area (Å²) < 4.78 is 0. The molecule has 10 N–H and O–H groups in total. The number of para-hydroxylation sites is 1. The second-order valence-electron chi connectivity index (χ2n) is 10.3. The Labute approximate surface area is 227 Å². The first kappa shape index (κ1) is 33.9. The van der Waals surface area contributed by atoms with Crippen LogP contribution in [-0.4, -0.2) is 79.4 Å². The smallest absolute Gasteiger partial charge is 0.303 e. The van der Waals surface area contributed by atoms with Crippen molar-refractivity contribution in [2.24, 2.45) is 17.6 Å². The zero-order valence-corrected chi connectivity index (χ0v) is 22.8. The fourth-order valence-corrected chi connectivity index (χ4v) is 3.68. The topological polar surface area (TPSA) is 232 Å². The fourth-order valence-electron chi connectivity index (χ4n) is 3.68. The van der Waals surface area contributed by atoms with Gasteiger partial charge >= 0.3 is 5.97 Å². The number of aliphatic hydroxyl groups excluding tert-OH is 1. The molecule has 220 valence electrons. The minimum absolute atomic E-state index is 0.0409. The molecule has 0 saturated carbocycles. The molecule has 2 unspecified atom stereocenters. The zero-order chi connectivity index (χ0) is 29.9. The van der Waals surface area contributed by atoms with Crippen molar-refractivity contribution >= 4 is 29.4 Å². The molecule has 0 aromatic heterocycles. The van der Waals surface area contributed by atoms with E-state index in [1.54, 1.807) is 38.1 Å². The maximum atomic E-state index is 12.9. The molecule has 1 aromatic rings. The summed E-state index contributed by atoms with van der Waals surface area (Å²) >= 11 is 0. The van der Waals surface area contributed by atoms with Crippen molar-refractivity contribution in [3.8, 4) is 0 Å². The van der Waals surface area contributed by atoms with Crippen LogP contribution in [0.2, 0.25) is 0 Å². The number of carbonyl (C=O) groups excluding carboxylic acids is 3. The molecule has 0 heterocycles. The van der Waals surface area contributed by atoms with Gasteiger partial charge in [-0.05, 0) is 49.1 Å².